The minimum absolute atomic E-state index is 0.00573. The highest BCUT2D eigenvalue weighted by molar-refractivity contribution is 6.32. The summed E-state index contributed by atoms with van der Waals surface area (Å²) in [6, 6.07) is 13.1. The standard InChI is InChI=1S/C19H11Cl2F3N4O/c20-14-7-3-12(4-8-14)15-9-16-25-27(18(29)28(16)26-17(15)21)10-11-1-5-13(6-2-11)19(22,23)24/h1-9H,10H2. The lowest BCUT2D eigenvalue weighted by Crippen LogP contribution is -2.23. The Kier molecular flexibility index (Phi) is 4.84. The predicted octanol–water partition coefficient (Wildman–Crippen LogP) is 4.93. The molecule has 2 aromatic heterocycles. The van der Waals surface area contributed by atoms with Crippen molar-refractivity contribution in [2.24, 2.45) is 0 Å². The maximum Gasteiger partial charge on any atom is 0.416 e. The first-order chi connectivity index (χ1) is 13.7. The van der Waals surface area contributed by atoms with Crippen molar-refractivity contribution in [2.45, 2.75) is 12.7 Å². The molecule has 148 valence electrons. The fourth-order valence-electron chi connectivity index (χ4n) is 2.84. The molecule has 4 rings (SSSR count). The number of aromatic nitrogens is 4. The van der Waals surface area contributed by atoms with Gasteiger partial charge < -0.3 is 0 Å². The Hall–Kier alpha value is -2.84. The number of halogens is 5. The van der Waals surface area contributed by atoms with Crippen LogP contribution in [-0.2, 0) is 12.7 Å². The number of alkyl halides is 3. The summed E-state index contributed by atoms with van der Waals surface area (Å²) >= 11 is 12.1. The molecule has 0 unspecified atom stereocenters. The molecule has 0 bridgehead atoms. The Morgan fingerprint density at radius 1 is 0.931 bits per heavy atom. The fourth-order valence-corrected chi connectivity index (χ4v) is 3.20. The Morgan fingerprint density at radius 2 is 1.59 bits per heavy atom. The third-order valence-electron chi connectivity index (χ3n) is 4.29. The molecular weight excluding hydrogens is 428 g/mol. The summed E-state index contributed by atoms with van der Waals surface area (Å²) in [4.78, 5) is 12.5. The maximum atomic E-state index is 12.7. The van der Waals surface area contributed by atoms with E-state index in [1.165, 1.54) is 12.1 Å². The minimum atomic E-state index is -4.42. The number of hydrogen-bond acceptors (Lipinski definition) is 3. The van der Waals surface area contributed by atoms with Crippen molar-refractivity contribution in [3.05, 3.63) is 86.4 Å². The Labute approximate surface area is 171 Å². The Bertz CT molecular complexity index is 1250. The number of benzene rings is 2. The van der Waals surface area contributed by atoms with Crippen LogP contribution in [0.1, 0.15) is 11.1 Å². The molecule has 0 spiro atoms. The Balaban J connectivity index is 1.70. The first-order valence-electron chi connectivity index (χ1n) is 8.31. The first kappa shape index (κ1) is 19.5. The van der Waals surface area contributed by atoms with Crippen LogP contribution in [0.3, 0.4) is 0 Å². The van der Waals surface area contributed by atoms with Crippen LogP contribution in [0.5, 0.6) is 0 Å². The molecule has 10 heteroatoms. The Morgan fingerprint density at radius 3 is 2.21 bits per heavy atom. The second kappa shape index (κ2) is 7.20. The summed E-state index contributed by atoms with van der Waals surface area (Å²) in [6.45, 7) is -0.00573. The van der Waals surface area contributed by atoms with Gasteiger partial charge in [0.25, 0.3) is 0 Å². The van der Waals surface area contributed by atoms with E-state index in [2.05, 4.69) is 10.2 Å². The van der Waals surface area contributed by atoms with Crippen LogP contribution < -0.4 is 5.69 Å². The summed E-state index contributed by atoms with van der Waals surface area (Å²) in [5.41, 5.74) is 0.763. The highest BCUT2D eigenvalue weighted by Crippen LogP contribution is 2.29. The zero-order valence-corrected chi connectivity index (χ0v) is 16.0. The average Bonchev–Trinajstić information content (AvgIpc) is 2.97. The van der Waals surface area contributed by atoms with Crippen molar-refractivity contribution in [2.75, 3.05) is 0 Å². The second-order valence-corrected chi connectivity index (χ2v) is 7.06. The summed E-state index contributed by atoms with van der Waals surface area (Å²) in [6.07, 6.45) is -4.42. The van der Waals surface area contributed by atoms with Crippen molar-refractivity contribution in [3.8, 4) is 11.1 Å². The smallest absolute Gasteiger partial charge is 0.244 e. The zero-order valence-electron chi connectivity index (χ0n) is 14.5. The van der Waals surface area contributed by atoms with Gasteiger partial charge >= 0.3 is 11.9 Å². The number of fused-ring (bicyclic) bond motifs is 1. The summed E-state index contributed by atoms with van der Waals surface area (Å²) in [7, 11) is 0. The average molecular weight is 439 g/mol. The number of nitrogens with zero attached hydrogens (tertiary/aromatic N) is 4. The van der Waals surface area contributed by atoms with Gasteiger partial charge in [-0.1, -0.05) is 47.5 Å². The van der Waals surface area contributed by atoms with E-state index in [9.17, 15) is 18.0 Å². The topological polar surface area (TPSA) is 52.2 Å². The molecule has 29 heavy (non-hydrogen) atoms. The molecule has 0 saturated heterocycles. The molecule has 0 saturated carbocycles. The summed E-state index contributed by atoms with van der Waals surface area (Å²) < 4.78 is 40.2. The lowest BCUT2D eigenvalue weighted by atomic mass is 10.1. The molecule has 5 nitrogen and oxygen atoms in total. The van der Waals surface area contributed by atoms with Crippen molar-refractivity contribution in [3.63, 3.8) is 0 Å². The van der Waals surface area contributed by atoms with Gasteiger partial charge in [0, 0.05) is 10.6 Å². The zero-order chi connectivity index (χ0) is 20.8. The van der Waals surface area contributed by atoms with E-state index in [0.29, 0.717) is 16.1 Å². The van der Waals surface area contributed by atoms with Crippen LogP contribution in [0.4, 0.5) is 13.2 Å². The van der Waals surface area contributed by atoms with Crippen molar-refractivity contribution in [1.82, 2.24) is 19.4 Å². The van der Waals surface area contributed by atoms with E-state index >= 15 is 0 Å². The lowest BCUT2D eigenvalue weighted by molar-refractivity contribution is -0.137. The van der Waals surface area contributed by atoms with E-state index < -0.39 is 17.4 Å². The molecule has 0 N–H and O–H groups in total. The molecule has 0 aliphatic rings. The highest BCUT2D eigenvalue weighted by atomic mass is 35.5. The second-order valence-electron chi connectivity index (χ2n) is 6.26. The van der Waals surface area contributed by atoms with Gasteiger partial charge in [0.1, 0.15) is 0 Å². The van der Waals surface area contributed by atoms with Crippen LogP contribution >= 0.6 is 23.2 Å². The van der Waals surface area contributed by atoms with E-state index in [0.717, 1.165) is 26.9 Å². The summed E-state index contributed by atoms with van der Waals surface area (Å²) in [5.74, 6) is 0. The third kappa shape index (κ3) is 3.86. The van der Waals surface area contributed by atoms with Gasteiger partial charge in [-0.05, 0) is 41.5 Å². The molecule has 4 aromatic rings. The number of rotatable bonds is 3. The molecule has 0 aliphatic heterocycles. The normalized spacial score (nSPS) is 11.9. The summed E-state index contributed by atoms with van der Waals surface area (Å²) in [5, 5.41) is 8.98. The minimum Gasteiger partial charge on any atom is -0.244 e. The van der Waals surface area contributed by atoms with Crippen molar-refractivity contribution in [1.29, 1.82) is 0 Å². The predicted molar refractivity (Wildman–Crippen MR) is 103 cm³/mol. The highest BCUT2D eigenvalue weighted by Gasteiger charge is 2.30. The fraction of sp³-hybridized carbons (Fsp3) is 0.105. The van der Waals surface area contributed by atoms with E-state index in [-0.39, 0.29) is 17.3 Å². The van der Waals surface area contributed by atoms with E-state index in [1.807, 2.05) is 0 Å². The quantitative estimate of drug-likeness (QED) is 0.455. The van der Waals surface area contributed by atoms with Gasteiger partial charge in [-0.15, -0.1) is 10.2 Å². The van der Waals surface area contributed by atoms with Crippen LogP contribution in [-0.4, -0.2) is 19.4 Å². The third-order valence-corrected chi connectivity index (χ3v) is 4.83. The van der Waals surface area contributed by atoms with Gasteiger partial charge in [-0.2, -0.15) is 17.7 Å². The first-order valence-corrected chi connectivity index (χ1v) is 9.06. The molecule has 2 aromatic carbocycles. The molecular formula is C19H11Cl2F3N4O. The molecule has 0 atom stereocenters. The lowest BCUT2D eigenvalue weighted by Gasteiger charge is -2.07. The van der Waals surface area contributed by atoms with E-state index in [1.54, 1.807) is 30.3 Å². The maximum absolute atomic E-state index is 12.7. The molecule has 0 radical (unpaired) electrons. The van der Waals surface area contributed by atoms with Crippen molar-refractivity contribution < 1.29 is 13.2 Å². The molecule has 2 heterocycles. The van der Waals surface area contributed by atoms with Crippen LogP contribution in [0.15, 0.2) is 59.4 Å². The molecule has 0 amide bonds. The van der Waals surface area contributed by atoms with Gasteiger partial charge in [-0.25, -0.2) is 9.48 Å². The van der Waals surface area contributed by atoms with Crippen LogP contribution in [0.25, 0.3) is 16.8 Å². The SMILES string of the molecule is O=c1n(Cc2ccc(C(F)(F)F)cc2)nc2cc(-c3ccc(Cl)cc3)c(Cl)nn12. The van der Waals surface area contributed by atoms with Crippen LogP contribution in [0.2, 0.25) is 10.2 Å². The van der Waals surface area contributed by atoms with Crippen molar-refractivity contribution >= 4 is 28.8 Å². The molecule has 0 fully saturated rings. The van der Waals surface area contributed by atoms with E-state index in [4.69, 9.17) is 23.2 Å². The monoisotopic (exact) mass is 438 g/mol. The van der Waals surface area contributed by atoms with Gasteiger partial charge in [0.2, 0.25) is 0 Å². The number of hydrogen-bond donors (Lipinski definition) is 0. The van der Waals surface area contributed by atoms with Gasteiger partial charge in [-0.3, -0.25) is 0 Å². The molecule has 0 aliphatic carbocycles. The van der Waals surface area contributed by atoms with Gasteiger partial charge in [0.05, 0.1) is 12.1 Å². The van der Waals surface area contributed by atoms with Gasteiger partial charge in [0.15, 0.2) is 10.8 Å². The van der Waals surface area contributed by atoms with Crippen LogP contribution in [0, 0.1) is 0 Å². The largest absolute Gasteiger partial charge is 0.416 e.